The van der Waals surface area contributed by atoms with E-state index in [1.807, 2.05) is 18.7 Å². The van der Waals surface area contributed by atoms with Crippen molar-refractivity contribution in [1.29, 1.82) is 0 Å². The molecule has 1 unspecified atom stereocenters. The second-order valence-corrected chi connectivity index (χ2v) is 4.77. The number of nitrogens with one attached hydrogen (secondary N) is 1. The van der Waals surface area contributed by atoms with Crippen LogP contribution in [0.15, 0.2) is 0 Å². The molecule has 0 saturated carbocycles. The Hall–Kier alpha value is -1.10. The number of nitrogens with zero attached hydrogens (tertiary/aromatic N) is 1. The summed E-state index contributed by atoms with van der Waals surface area (Å²) in [6.45, 7) is 9.89. The number of carbonyl (C=O) groups excluding carboxylic acids is 2. The van der Waals surface area contributed by atoms with E-state index in [-0.39, 0.29) is 17.9 Å². The van der Waals surface area contributed by atoms with E-state index in [9.17, 15) is 9.59 Å². The molecule has 1 atom stereocenters. The molecule has 0 aliphatic carbocycles. The summed E-state index contributed by atoms with van der Waals surface area (Å²) in [4.78, 5) is 24.9. The van der Waals surface area contributed by atoms with Crippen molar-refractivity contribution in [3.05, 3.63) is 0 Å². The third kappa shape index (κ3) is 6.59. The van der Waals surface area contributed by atoms with Crippen LogP contribution in [-0.4, -0.2) is 49.6 Å². The van der Waals surface area contributed by atoms with Crippen molar-refractivity contribution in [2.75, 3.05) is 26.7 Å². The normalized spacial score (nSPS) is 12.6. The Labute approximate surface area is 110 Å². The molecular weight excluding hydrogens is 232 g/mol. The molecule has 0 aromatic rings. The van der Waals surface area contributed by atoms with Gasteiger partial charge in [-0.25, -0.2) is 0 Å². The molecule has 1 N–H and O–H groups in total. The number of esters is 1. The van der Waals surface area contributed by atoms with Crippen LogP contribution < -0.4 is 5.32 Å². The zero-order valence-corrected chi connectivity index (χ0v) is 12.2. The first-order valence-corrected chi connectivity index (χ1v) is 6.50. The summed E-state index contributed by atoms with van der Waals surface area (Å²) in [5.41, 5.74) is 0. The lowest BCUT2D eigenvalue weighted by molar-refractivity contribution is -0.141. The monoisotopic (exact) mass is 258 g/mol. The first kappa shape index (κ1) is 16.9. The Kier molecular flexibility index (Phi) is 8.37. The van der Waals surface area contributed by atoms with Gasteiger partial charge in [-0.15, -0.1) is 0 Å². The van der Waals surface area contributed by atoms with Gasteiger partial charge in [0.25, 0.3) is 0 Å². The van der Waals surface area contributed by atoms with Gasteiger partial charge in [-0.3, -0.25) is 14.5 Å². The minimum absolute atomic E-state index is 0.00964. The van der Waals surface area contributed by atoms with Gasteiger partial charge in [0.2, 0.25) is 5.91 Å². The highest BCUT2D eigenvalue weighted by atomic mass is 16.5. The van der Waals surface area contributed by atoms with Crippen LogP contribution in [0.3, 0.4) is 0 Å². The molecule has 0 bridgehead atoms. The van der Waals surface area contributed by atoms with Gasteiger partial charge in [0.15, 0.2) is 0 Å². The number of hydrogen-bond acceptors (Lipinski definition) is 4. The lowest BCUT2D eigenvalue weighted by atomic mass is 10.2. The van der Waals surface area contributed by atoms with Gasteiger partial charge in [-0.2, -0.15) is 0 Å². The van der Waals surface area contributed by atoms with Crippen molar-refractivity contribution < 1.29 is 14.3 Å². The quantitative estimate of drug-likeness (QED) is 0.661. The minimum Gasteiger partial charge on any atom is -0.469 e. The summed E-state index contributed by atoms with van der Waals surface area (Å²) in [7, 11) is 1.37. The van der Waals surface area contributed by atoms with Crippen LogP contribution in [0.5, 0.6) is 0 Å². The summed E-state index contributed by atoms with van der Waals surface area (Å²) in [6, 6.07) is -0.224. The van der Waals surface area contributed by atoms with Gasteiger partial charge in [-0.05, 0) is 19.4 Å². The van der Waals surface area contributed by atoms with Crippen molar-refractivity contribution in [3.63, 3.8) is 0 Å². The Bertz CT molecular complexity index is 267. The van der Waals surface area contributed by atoms with Crippen LogP contribution in [0.1, 0.15) is 34.1 Å². The fourth-order valence-corrected chi connectivity index (χ4v) is 1.58. The van der Waals surface area contributed by atoms with Crippen molar-refractivity contribution in [2.24, 2.45) is 5.92 Å². The molecule has 0 spiro atoms. The lowest BCUT2D eigenvalue weighted by Gasteiger charge is -2.26. The maximum Gasteiger partial charge on any atom is 0.306 e. The summed E-state index contributed by atoms with van der Waals surface area (Å²) in [5, 5.41) is 2.90. The van der Waals surface area contributed by atoms with Crippen LogP contribution >= 0.6 is 0 Å². The second kappa shape index (κ2) is 8.91. The molecule has 18 heavy (non-hydrogen) atoms. The van der Waals surface area contributed by atoms with E-state index in [4.69, 9.17) is 0 Å². The van der Waals surface area contributed by atoms with Crippen LogP contribution in [0.4, 0.5) is 0 Å². The summed E-state index contributed by atoms with van der Waals surface area (Å²) in [5.74, 6) is 0.199. The molecule has 0 radical (unpaired) electrons. The molecule has 0 aromatic carbocycles. The maximum absolute atomic E-state index is 11.9. The van der Waals surface area contributed by atoms with E-state index in [0.717, 1.165) is 6.54 Å². The molecule has 0 heterocycles. The molecule has 106 valence electrons. The predicted molar refractivity (Wildman–Crippen MR) is 71.2 cm³/mol. The predicted octanol–water partition coefficient (Wildman–Crippen LogP) is 1.03. The minimum atomic E-state index is -0.247. The molecule has 0 saturated heterocycles. The fourth-order valence-electron chi connectivity index (χ4n) is 1.58. The number of rotatable bonds is 8. The zero-order valence-electron chi connectivity index (χ0n) is 12.2. The summed E-state index contributed by atoms with van der Waals surface area (Å²) < 4.78 is 4.60. The third-order valence-corrected chi connectivity index (χ3v) is 2.85. The standard InChI is InChI=1S/C13H26N2O3/c1-6-15(8-7-12(16)18-5)11(4)13(17)14-9-10(2)3/h10-11H,6-9H2,1-5H3,(H,14,17). The number of likely N-dealkylation sites (N-methyl/N-ethyl adjacent to an activating group) is 1. The number of hydrogen-bond donors (Lipinski definition) is 1. The van der Waals surface area contributed by atoms with E-state index < -0.39 is 0 Å². The van der Waals surface area contributed by atoms with Crippen LogP contribution in [0, 0.1) is 5.92 Å². The summed E-state index contributed by atoms with van der Waals surface area (Å²) in [6.07, 6.45) is 0.312. The first-order chi connectivity index (χ1) is 8.42. The highest BCUT2D eigenvalue weighted by Gasteiger charge is 2.20. The smallest absolute Gasteiger partial charge is 0.306 e. The van der Waals surface area contributed by atoms with Crippen molar-refractivity contribution in [2.45, 2.75) is 40.2 Å². The number of amides is 1. The molecule has 1 amide bonds. The molecule has 0 aliphatic heterocycles. The molecule has 0 aliphatic rings. The molecule has 5 nitrogen and oxygen atoms in total. The maximum atomic E-state index is 11.9. The van der Waals surface area contributed by atoms with Crippen LogP contribution in [0.2, 0.25) is 0 Å². The van der Waals surface area contributed by atoms with E-state index in [1.54, 1.807) is 0 Å². The highest BCUT2D eigenvalue weighted by Crippen LogP contribution is 2.02. The van der Waals surface area contributed by atoms with Crippen LogP contribution in [-0.2, 0) is 14.3 Å². The average molecular weight is 258 g/mol. The molecule has 0 rings (SSSR count). The Morgan fingerprint density at radius 3 is 2.33 bits per heavy atom. The van der Waals surface area contributed by atoms with Gasteiger partial charge < -0.3 is 10.1 Å². The van der Waals surface area contributed by atoms with Crippen LogP contribution in [0.25, 0.3) is 0 Å². The zero-order chi connectivity index (χ0) is 14.1. The van der Waals surface area contributed by atoms with Crippen molar-refractivity contribution in [3.8, 4) is 0 Å². The second-order valence-electron chi connectivity index (χ2n) is 4.77. The molecular formula is C13H26N2O3. The Balaban J connectivity index is 4.19. The molecule has 0 fully saturated rings. The SMILES string of the molecule is CCN(CCC(=O)OC)C(C)C(=O)NCC(C)C. The van der Waals surface area contributed by atoms with Gasteiger partial charge in [0.05, 0.1) is 19.6 Å². The van der Waals surface area contributed by atoms with Crippen molar-refractivity contribution in [1.82, 2.24) is 10.2 Å². The van der Waals surface area contributed by atoms with Gasteiger partial charge in [0, 0.05) is 13.1 Å². The van der Waals surface area contributed by atoms with E-state index in [0.29, 0.717) is 25.4 Å². The Morgan fingerprint density at radius 1 is 1.28 bits per heavy atom. The number of ether oxygens (including phenoxy) is 1. The van der Waals surface area contributed by atoms with E-state index in [2.05, 4.69) is 23.9 Å². The third-order valence-electron chi connectivity index (χ3n) is 2.85. The van der Waals surface area contributed by atoms with Crippen molar-refractivity contribution >= 4 is 11.9 Å². The van der Waals surface area contributed by atoms with E-state index >= 15 is 0 Å². The highest BCUT2D eigenvalue weighted by molar-refractivity contribution is 5.81. The molecule has 5 heteroatoms. The van der Waals surface area contributed by atoms with E-state index in [1.165, 1.54) is 7.11 Å². The first-order valence-electron chi connectivity index (χ1n) is 6.50. The topological polar surface area (TPSA) is 58.6 Å². The number of carbonyl (C=O) groups is 2. The molecule has 0 aromatic heterocycles. The fraction of sp³-hybridized carbons (Fsp3) is 0.846. The van der Waals surface area contributed by atoms with Gasteiger partial charge in [-0.1, -0.05) is 20.8 Å². The summed E-state index contributed by atoms with van der Waals surface area (Å²) >= 11 is 0. The Morgan fingerprint density at radius 2 is 1.89 bits per heavy atom. The number of methoxy groups -OCH3 is 1. The van der Waals surface area contributed by atoms with Gasteiger partial charge in [0.1, 0.15) is 0 Å². The lowest BCUT2D eigenvalue weighted by Crippen LogP contribution is -2.46. The largest absolute Gasteiger partial charge is 0.469 e. The van der Waals surface area contributed by atoms with Gasteiger partial charge >= 0.3 is 5.97 Å². The average Bonchev–Trinajstić information content (AvgIpc) is 2.35.